The molecule has 3 rings (SSSR count). The van der Waals surface area contributed by atoms with E-state index >= 15 is 0 Å². The van der Waals surface area contributed by atoms with Gasteiger partial charge in [0.2, 0.25) is 5.16 Å². The van der Waals surface area contributed by atoms with E-state index in [1.165, 1.54) is 11.1 Å². The van der Waals surface area contributed by atoms with Crippen molar-refractivity contribution in [2.45, 2.75) is 44.0 Å². The molecule has 3 aromatic rings. The fraction of sp³-hybridized carbons (Fsp3) is 0.286. The van der Waals surface area contributed by atoms with E-state index in [1.807, 2.05) is 25.3 Å². The first-order chi connectivity index (χ1) is 12.8. The van der Waals surface area contributed by atoms with Gasteiger partial charge in [-0.05, 0) is 41.2 Å². The lowest BCUT2D eigenvalue weighted by Gasteiger charge is -2.18. The molecule has 27 heavy (non-hydrogen) atoms. The third-order valence-corrected chi connectivity index (χ3v) is 5.67. The van der Waals surface area contributed by atoms with E-state index in [0.29, 0.717) is 0 Å². The fourth-order valence-electron chi connectivity index (χ4n) is 2.48. The minimum absolute atomic E-state index is 0.150. The van der Waals surface area contributed by atoms with Crippen LogP contribution in [0.1, 0.15) is 43.3 Å². The van der Waals surface area contributed by atoms with Gasteiger partial charge in [-0.1, -0.05) is 84.9 Å². The highest BCUT2D eigenvalue weighted by Crippen LogP contribution is 2.24. The maximum Gasteiger partial charge on any atom is 0.212 e. The van der Waals surface area contributed by atoms with E-state index in [2.05, 4.69) is 88.4 Å². The lowest BCUT2D eigenvalue weighted by Crippen LogP contribution is -2.10. The van der Waals surface area contributed by atoms with E-state index in [4.69, 9.17) is 0 Å². The molecule has 0 spiro atoms. The Morgan fingerprint density at radius 1 is 1.04 bits per heavy atom. The van der Waals surface area contributed by atoms with Gasteiger partial charge in [0.05, 0.1) is 6.21 Å². The Morgan fingerprint density at radius 3 is 2.33 bits per heavy atom. The van der Waals surface area contributed by atoms with Crippen molar-refractivity contribution in [3.63, 3.8) is 0 Å². The molecular formula is C21H23BrN4S. The lowest BCUT2D eigenvalue weighted by atomic mass is 9.87. The summed E-state index contributed by atoms with van der Waals surface area (Å²) < 4.78 is 2.87. The van der Waals surface area contributed by atoms with E-state index in [0.717, 1.165) is 26.8 Å². The van der Waals surface area contributed by atoms with Gasteiger partial charge in [0.15, 0.2) is 5.82 Å². The second kappa shape index (κ2) is 8.40. The van der Waals surface area contributed by atoms with Crippen LogP contribution in [-0.2, 0) is 11.2 Å². The molecule has 2 aromatic carbocycles. The van der Waals surface area contributed by atoms with Crippen molar-refractivity contribution < 1.29 is 0 Å². The molecule has 0 saturated heterocycles. The van der Waals surface area contributed by atoms with E-state index in [-0.39, 0.29) is 5.41 Å². The molecule has 0 saturated carbocycles. The number of nitrogens with zero attached hydrogens (tertiary/aromatic N) is 4. The normalized spacial score (nSPS) is 12.0. The summed E-state index contributed by atoms with van der Waals surface area (Å²) in [7, 11) is 0. The van der Waals surface area contributed by atoms with Crippen LogP contribution in [0.15, 0.2) is 63.3 Å². The maximum atomic E-state index is 4.59. The van der Waals surface area contributed by atoms with Crippen molar-refractivity contribution in [1.82, 2.24) is 14.9 Å². The van der Waals surface area contributed by atoms with Crippen molar-refractivity contribution in [3.8, 4) is 0 Å². The van der Waals surface area contributed by atoms with Crippen molar-refractivity contribution in [2.24, 2.45) is 5.10 Å². The summed E-state index contributed by atoms with van der Waals surface area (Å²) in [6.07, 6.45) is 1.85. The van der Waals surface area contributed by atoms with Gasteiger partial charge in [-0.15, -0.1) is 10.2 Å². The highest BCUT2D eigenvalue weighted by atomic mass is 79.9. The first-order valence-electron chi connectivity index (χ1n) is 8.77. The Kier molecular flexibility index (Phi) is 6.17. The number of benzene rings is 2. The molecule has 0 unspecified atom stereocenters. The highest BCUT2D eigenvalue weighted by Gasteiger charge is 2.13. The summed E-state index contributed by atoms with van der Waals surface area (Å²) >= 11 is 5.09. The third kappa shape index (κ3) is 5.30. The van der Waals surface area contributed by atoms with E-state index < -0.39 is 0 Å². The highest BCUT2D eigenvalue weighted by molar-refractivity contribution is 9.10. The van der Waals surface area contributed by atoms with Gasteiger partial charge in [0, 0.05) is 10.2 Å². The number of hydrogen-bond acceptors (Lipinski definition) is 4. The molecule has 0 aliphatic rings. The molecule has 0 amide bonds. The molecule has 0 aliphatic heterocycles. The average Bonchev–Trinajstić information content (AvgIpc) is 2.99. The molecule has 0 aliphatic carbocycles. The second-order valence-electron chi connectivity index (χ2n) is 7.37. The smallest absolute Gasteiger partial charge is 0.192 e. The predicted octanol–water partition coefficient (Wildman–Crippen LogP) is 5.82. The van der Waals surface area contributed by atoms with Crippen molar-refractivity contribution in [1.29, 1.82) is 0 Å². The molecule has 4 nitrogen and oxygen atoms in total. The summed E-state index contributed by atoms with van der Waals surface area (Å²) in [5.41, 5.74) is 3.75. The van der Waals surface area contributed by atoms with Gasteiger partial charge < -0.3 is 0 Å². The van der Waals surface area contributed by atoms with E-state index in [1.54, 1.807) is 16.4 Å². The van der Waals surface area contributed by atoms with Crippen LogP contribution in [0.4, 0.5) is 0 Å². The molecule has 0 fully saturated rings. The Labute approximate surface area is 173 Å². The molecule has 140 valence electrons. The number of rotatable bonds is 5. The number of hydrogen-bond donors (Lipinski definition) is 0. The Hall–Kier alpha value is -1.92. The van der Waals surface area contributed by atoms with Crippen LogP contribution in [-0.4, -0.2) is 21.1 Å². The molecule has 1 aromatic heterocycles. The Balaban J connectivity index is 1.72. The second-order valence-corrected chi connectivity index (χ2v) is 9.23. The predicted molar refractivity (Wildman–Crippen MR) is 117 cm³/mol. The fourth-order valence-corrected chi connectivity index (χ4v) is 3.64. The maximum absolute atomic E-state index is 4.59. The topological polar surface area (TPSA) is 43.1 Å². The SMILES string of the molecule is Cc1nnc(SCc2ccc(Br)cc2)n1N=Cc1ccc(C(C)(C)C)cc1. The third-order valence-electron chi connectivity index (χ3n) is 4.15. The quantitative estimate of drug-likeness (QED) is 0.369. The van der Waals surface area contributed by atoms with Crippen LogP contribution < -0.4 is 0 Å². The standard InChI is InChI=1S/C21H23BrN4S/c1-15-24-25-20(27-14-17-7-11-19(22)12-8-17)26(15)23-13-16-5-9-18(10-6-16)21(2,3)4/h5-13H,14H2,1-4H3. The molecule has 6 heteroatoms. The van der Waals surface area contributed by atoms with Crippen LogP contribution in [0.3, 0.4) is 0 Å². The number of thioether (sulfide) groups is 1. The largest absolute Gasteiger partial charge is 0.212 e. The lowest BCUT2D eigenvalue weighted by molar-refractivity contribution is 0.590. The van der Waals surface area contributed by atoms with Gasteiger partial charge in [0.1, 0.15) is 0 Å². The van der Waals surface area contributed by atoms with Crippen LogP contribution in [0.2, 0.25) is 0 Å². The van der Waals surface area contributed by atoms with Gasteiger partial charge in [-0.3, -0.25) is 0 Å². The van der Waals surface area contributed by atoms with Crippen molar-refractivity contribution in [3.05, 3.63) is 75.5 Å². The van der Waals surface area contributed by atoms with Crippen LogP contribution in [0.5, 0.6) is 0 Å². The zero-order valence-electron chi connectivity index (χ0n) is 16.0. The molecule has 1 heterocycles. The van der Waals surface area contributed by atoms with Crippen LogP contribution >= 0.6 is 27.7 Å². The van der Waals surface area contributed by atoms with Gasteiger partial charge >= 0.3 is 0 Å². The monoisotopic (exact) mass is 442 g/mol. The summed E-state index contributed by atoms with van der Waals surface area (Å²) in [6.45, 7) is 8.55. The van der Waals surface area contributed by atoms with Crippen molar-refractivity contribution in [2.75, 3.05) is 0 Å². The summed E-state index contributed by atoms with van der Waals surface area (Å²) in [5.74, 6) is 1.59. The molecule has 0 radical (unpaired) electrons. The summed E-state index contributed by atoms with van der Waals surface area (Å²) in [5, 5.41) is 13.8. The molecule has 0 bridgehead atoms. The average molecular weight is 443 g/mol. The van der Waals surface area contributed by atoms with Gasteiger partial charge in [-0.2, -0.15) is 9.78 Å². The zero-order valence-corrected chi connectivity index (χ0v) is 18.4. The van der Waals surface area contributed by atoms with Crippen LogP contribution in [0, 0.1) is 6.92 Å². The summed E-state index contributed by atoms with van der Waals surface area (Å²) in [4.78, 5) is 0. The van der Waals surface area contributed by atoms with Gasteiger partial charge in [0.25, 0.3) is 0 Å². The zero-order chi connectivity index (χ0) is 19.4. The summed E-state index contributed by atoms with van der Waals surface area (Å²) in [6, 6.07) is 16.8. The van der Waals surface area contributed by atoms with Crippen molar-refractivity contribution >= 4 is 33.9 Å². The Morgan fingerprint density at radius 2 is 1.70 bits per heavy atom. The molecule has 0 N–H and O–H groups in total. The molecule has 0 atom stereocenters. The number of halogens is 1. The van der Waals surface area contributed by atoms with Crippen LogP contribution in [0.25, 0.3) is 0 Å². The Bertz CT molecular complexity index is 922. The van der Waals surface area contributed by atoms with Gasteiger partial charge in [-0.25, -0.2) is 0 Å². The van der Waals surface area contributed by atoms with E-state index in [9.17, 15) is 0 Å². The molecular weight excluding hydrogens is 420 g/mol. The minimum Gasteiger partial charge on any atom is -0.192 e. The first kappa shape index (κ1) is 19.8. The first-order valence-corrected chi connectivity index (χ1v) is 10.5. The number of aryl methyl sites for hydroxylation is 1. The number of aromatic nitrogens is 3. The minimum atomic E-state index is 0.150.